The molecule has 0 spiro atoms. The van der Waals surface area contributed by atoms with Crippen LogP contribution in [0.4, 0.5) is 0 Å². The number of rotatable bonds is 3. The molecule has 5 heteroatoms. The molecule has 0 radical (unpaired) electrons. The molecule has 4 nitrogen and oxygen atoms in total. The Bertz CT molecular complexity index is 423. The van der Waals surface area contributed by atoms with E-state index >= 15 is 0 Å². The van der Waals surface area contributed by atoms with Crippen LogP contribution in [0.3, 0.4) is 0 Å². The highest BCUT2D eigenvalue weighted by molar-refractivity contribution is 7.91. The van der Waals surface area contributed by atoms with Crippen molar-refractivity contribution < 1.29 is 8.42 Å². The van der Waals surface area contributed by atoms with E-state index in [-0.39, 0.29) is 5.54 Å². The van der Waals surface area contributed by atoms with E-state index in [4.69, 9.17) is 0 Å². The van der Waals surface area contributed by atoms with E-state index in [1.807, 2.05) is 0 Å². The Morgan fingerprint density at radius 1 is 1.32 bits per heavy atom. The molecule has 0 aromatic rings. The Kier molecular flexibility index (Phi) is 3.65. The van der Waals surface area contributed by atoms with Crippen molar-refractivity contribution in [2.45, 2.75) is 63.1 Å². The smallest absolute Gasteiger partial charge is 0.152 e. The molecule has 2 saturated heterocycles. The van der Waals surface area contributed by atoms with Gasteiger partial charge in [-0.15, -0.1) is 0 Å². The molecule has 2 aliphatic heterocycles. The van der Waals surface area contributed by atoms with Gasteiger partial charge in [-0.3, -0.25) is 0 Å². The first-order valence-electron chi connectivity index (χ1n) is 7.67. The molecule has 4 atom stereocenters. The van der Waals surface area contributed by atoms with E-state index in [9.17, 15) is 8.42 Å². The highest BCUT2D eigenvalue weighted by atomic mass is 32.2. The summed E-state index contributed by atoms with van der Waals surface area (Å²) in [6.45, 7) is 2.97. The molecule has 3 aliphatic rings. The van der Waals surface area contributed by atoms with Crippen molar-refractivity contribution in [3.05, 3.63) is 0 Å². The molecule has 0 amide bonds. The number of hydrogen-bond acceptors (Lipinski definition) is 4. The lowest BCUT2D eigenvalue weighted by Crippen LogP contribution is -2.49. The molecule has 1 aliphatic carbocycles. The zero-order valence-corrected chi connectivity index (χ0v) is 12.6. The van der Waals surface area contributed by atoms with Crippen molar-refractivity contribution in [3.8, 4) is 0 Å². The molecule has 3 fully saturated rings. The third-order valence-corrected chi connectivity index (χ3v) is 7.13. The van der Waals surface area contributed by atoms with Gasteiger partial charge in [-0.05, 0) is 38.5 Å². The molecule has 0 aromatic carbocycles. The molecule has 2 N–H and O–H groups in total. The van der Waals surface area contributed by atoms with Gasteiger partial charge in [-0.2, -0.15) is 0 Å². The molecule has 4 unspecified atom stereocenters. The minimum absolute atomic E-state index is 0.200. The standard InChI is InChI=1S/C14H26N2O2S/c1-14(6-7-19(17,18)10-14)15-9-12-8-11-4-2-3-5-13(11)16-12/h11-13,15-16H,2-10H2,1H3. The Labute approximate surface area is 116 Å². The number of fused-ring (bicyclic) bond motifs is 1. The predicted octanol–water partition coefficient (Wildman–Crippen LogP) is 1.07. The summed E-state index contributed by atoms with van der Waals surface area (Å²) in [7, 11) is -2.80. The van der Waals surface area contributed by atoms with Gasteiger partial charge in [0.25, 0.3) is 0 Å². The van der Waals surface area contributed by atoms with E-state index in [0.717, 1.165) is 24.9 Å². The molecular formula is C14H26N2O2S. The van der Waals surface area contributed by atoms with Gasteiger partial charge >= 0.3 is 0 Å². The van der Waals surface area contributed by atoms with Crippen LogP contribution in [0.15, 0.2) is 0 Å². The zero-order valence-electron chi connectivity index (χ0n) is 11.8. The van der Waals surface area contributed by atoms with Crippen LogP contribution in [0.25, 0.3) is 0 Å². The van der Waals surface area contributed by atoms with Crippen LogP contribution >= 0.6 is 0 Å². The highest BCUT2D eigenvalue weighted by Gasteiger charge is 2.40. The average molecular weight is 286 g/mol. The summed E-state index contributed by atoms with van der Waals surface area (Å²) < 4.78 is 23.2. The van der Waals surface area contributed by atoms with Gasteiger partial charge in [0.15, 0.2) is 9.84 Å². The maximum Gasteiger partial charge on any atom is 0.152 e. The van der Waals surface area contributed by atoms with Crippen LogP contribution < -0.4 is 10.6 Å². The third-order valence-electron chi connectivity index (χ3n) is 5.22. The molecule has 3 rings (SSSR count). The molecular weight excluding hydrogens is 260 g/mol. The Morgan fingerprint density at radius 2 is 2.11 bits per heavy atom. The number of hydrogen-bond donors (Lipinski definition) is 2. The lowest BCUT2D eigenvalue weighted by Gasteiger charge is -2.26. The first-order valence-corrected chi connectivity index (χ1v) is 9.49. The van der Waals surface area contributed by atoms with Gasteiger partial charge in [0.2, 0.25) is 0 Å². The number of sulfone groups is 1. The van der Waals surface area contributed by atoms with E-state index in [1.54, 1.807) is 0 Å². The lowest BCUT2D eigenvalue weighted by molar-refractivity contribution is 0.325. The van der Waals surface area contributed by atoms with Crippen molar-refractivity contribution in [3.63, 3.8) is 0 Å². The summed E-state index contributed by atoms with van der Waals surface area (Å²) in [6, 6.07) is 1.26. The van der Waals surface area contributed by atoms with Gasteiger partial charge in [-0.25, -0.2) is 8.42 Å². The summed E-state index contributed by atoms with van der Waals surface area (Å²) in [5, 5.41) is 7.27. The van der Waals surface area contributed by atoms with Crippen LogP contribution in [0, 0.1) is 5.92 Å². The summed E-state index contributed by atoms with van der Waals surface area (Å²) >= 11 is 0. The molecule has 2 heterocycles. The van der Waals surface area contributed by atoms with Gasteiger partial charge < -0.3 is 10.6 Å². The average Bonchev–Trinajstić information content (AvgIpc) is 2.88. The number of nitrogens with one attached hydrogen (secondary N) is 2. The summed E-state index contributed by atoms with van der Waals surface area (Å²) in [4.78, 5) is 0. The Morgan fingerprint density at radius 3 is 2.79 bits per heavy atom. The molecule has 110 valence electrons. The lowest BCUT2D eigenvalue weighted by atomic mass is 9.85. The van der Waals surface area contributed by atoms with Crippen LogP contribution in [-0.2, 0) is 9.84 Å². The Balaban J connectivity index is 1.51. The van der Waals surface area contributed by atoms with Gasteiger partial charge in [0.05, 0.1) is 11.5 Å². The first-order chi connectivity index (χ1) is 8.96. The van der Waals surface area contributed by atoms with Gasteiger partial charge in [0.1, 0.15) is 0 Å². The Hall–Kier alpha value is -0.130. The predicted molar refractivity (Wildman–Crippen MR) is 77.0 cm³/mol. The molecule has 1 saturated carbocycles. The maximum absolute atomic E-state index is 11.6. The van der Waals surface area contributed by atoms with Crippen LogP contribution in [0.2, 0.25) is 0 Å². The van der Waals surface area contributed by atoms with Crippen LogP contribution in [0.5, 0.6) is 0 Å². The SMILES string of the molecule is CC1(NCC2CC3CCCCC3N2)CCS(=O)(=O)C1. The van der Waals surface area contributed by atoms with Crippen molar-refractivity contribution >= 4 is 9.84 Å². The van der Waals surface area contributed by atoms with E-state index < -0.39 is 9.84 Å². The van der Waals surface area contributed by atoms with Gasteiger partial charge in [-0.1, -0.05) is 12.8 Å². The second-order valence-corrected chi connectivity index (χ2v) is 9.22. The van der Waals surface area contributed by atoms with Gasteiger partial charge in [0, 0.05) is 24.2 Å². The fourth-order valence-corrected chi connectivity index (χ4v) is 6.23. The van der Waals surface area contributed by atoms with Crippen molar-refractivity contribution in [2.75, 3.05) is 18.1 Å². The summed E-state index contributed by atoms with van der Waals surface area (Å²) in [5.74, 6) is 1.51. The second kappa shape index (κ2) is 5.01. The van der Waals surface area contributed by atoms with Crippen molar-refractivity contribution in [1.82, 2.24) is 10.6 Å². The summed E-state index contributed by atoms with van der Waals surface area (Å²) in [6.07, 6.45) is 7.48. The minimum Gasteiger partial charge on any atom is -0.310 e. The molecule has 19 heavy (non-hydrogen) atoms. The van der Waals surface area contributed by atoms with E-state index in [2.05, 4.69) is 17.6 Å². The monoisotopic (exact) mass is 286 g/mol. The quantitative estimate of drug-likeness (QED) is 0.815. The van der Waals surface area contributed by atoms with Crippen molar-refractivity contribution in [1.29, 1.82) is 0 Å². The topological polar surface area (TPSA) is 58.2 Å². The van der Waals surface area contributed by atoms with E-state index in [1.165, 1.54) is 32.1 Å². The zero-order chi connectivity index (χ0) is 13.5. The molecule has 0 aromatic heterocycles. The normalized spacial score (nSPS) is 45.2. The fraction of sp³-hybridized carbons (Fsp3) is 1.00. The highest BCUT2D eigenvalue weighted by Crippen LogP contribution is 2.33. The fourth-order valence-electron chi connectivity index (χ4n) is 4.11. The second-order valence-electron chi connectivity index (χ2n) is 7.03. The first kappa shape index (κ1) is 13.8. The minimum atomic E-state index is -2.80. The molecule has 0 bridgehead atoms. The van der Waals surface area contributed by atoms with Crippen LogP contribution in [0.1, 0.15) is 45.4 Å². The maximum atomic E-state index is 11.6. The third kappa shape index (κ3) is 3.14. The summed E-state index contributed by atoms with van der Waals surface area (Å²) in [5.41, 5.74) is -0.200. The van der Waals surface area contributed by atoms with Crippen molar-refractivity contribution in [2.24, 2.45) is 5.92 Å². The largest absolute Gasteiger partial charge is 0.310 e. The van der Waals surface area contributed by atoms with Crippen LogP contribution in [-0.4, -0.2) is 44.1 Å². The van der Waals surface area contributed by atoms with E-state index in [0.29, 0.717) is 17.5 Å².